The van der Waals surface area contributed by atoms with Gasteiger partial charge in [-0.2, -0.15) is 0 Å². The van der Waals surface area contributed by atoms with E-state index in [1.165, 1.54) is 12.1 Å². The Morgan fingerprint density at radius 2 is 1.36 bits per heavy atom. The summed E-state index contributed by atoms with van der Waals surface area (Å²) in [6.45, 7) is 10.0. The van der Waals surface area contributed by atoms with Gasteiger partial charge in [-0.1, -0.05) is 53.9 Å². The van der Waals surface area contributed by atoms with Gasteiger partial charge in [0.25, 0.3) is 23.6 Å². The molecule has 0 aliphatic carbocycles. The second-order valence-corrected chi connectivity index (χ2v) is 16.1. The van der Waals surface area contributed by atoms with E-state index < -0.39 is 57.2 Å². The third kappa shape index (κ3) is 6.98. The van der Waals surface area contributed by atoms with Gasteiger partial charge in [-0.3, -0.25) is 42.2 Å². The van der Waals surface area contributed by atoms with Crippen LogP contribution >= 0.6 is 0 Å². The molecule has 3 atom stereocenters. The average Bonchev–Trinajstić information content (AvgIpc) is 3.03. The zero-order valence-electron chi connectivity index (χ0n) is 28.4. The van der Waals surface area contributed by atoms with E-state index in [1.54, 1.807) is 27.9 Å². The highest BCUT2D eigenvalue weighted by Crippen LogP contribution is 2.43. The minimum atomic E-state index is -1.76. The lowest BCUT2D eigenvalue weighted by Crippen LogP contribution is -2.55. The molecule has 1 N–H and O–H groups in total. The molecule has 2 heterocycles. The molecule has 2 aliphatic heterocycles. The fourth-order valence-corrected chi connectivity index (χ4v) is 8.13. The van der Waals surface area contributed by atoms with Crippen LogP contribution in [0.25, 0.3) is 10.8 Å². The van der Waals surface area contributed by atoms with E-state index in [9.17, 15) is 32.4 Å². The lowest BCUT2D eigenvalue weighted by atomic mass is 9.84. The molecule has 256 valence electrons. The molecule has 0 saturated carbocycles. The fraction of sp³-hybridized carbons (Fsp3) is 0.559. The van der Waals surface area contributed by atoms with Crippen molar-refractivity contribution in [2.24, 2.45) is 5.92 Å². The number of carbonyl (C=O) groups is 5. The number of unbranched alkanes of at least 4 members (excludes halogenated alkanes) is 3. The van der Waals surface area contributed by atoms with Crippen LogP contribution in [-0.2, 0) is 26.4 Å². The SMILES string of the molecule is CCCCCCNC(=O)C(CC(C)C)N1C(=O)c2cc(S(=O)CC)c3c4c(cc(S(=O)CC)c(c24)C1=O)C(=O)N(CCN(C)C)C3=O. The molecular weight excluding hydrogens is 641 g/mol. The van der Waals surface area contributed by atoms with Gasteiger partial charge in [0.2, 0.25) is 5.91 Å². The van der Waals surface area contributed by atoms with Crippen molar-refractivity contribution in [2.45, 2.75) is 82.6 Å². The first-order valence-electron chi connectivity index (χ1n) is 16.4. The third-order valence-corrected chi connectivity index (χ3v) is 11.2. The van der Waals surface area contributed by atoms with Gasteiger partial charge in [0.1, 0.15) is 6.04 Å². The van der Waals surface area contributed by atoms with E-state index in [0.717, 1.165) is 35.5 Å². The molecule has 0 saturated heterocycles. The van der Waals surface area contributed by atoms with Gasteiger partial charge >= 0.3 is 0 Å². The van der Waals surface area contributed by atoms with E-state index in [1.807, 2.05) is 18.7 Å². The molecule has 47 heavy (non-hydrogen) atoms. The Balaban J connectivity index is 2.00. The summed E-state index contributed by atoms with van der Waals surface area (Å²) in [6, 6.07) is 1.60. The van der Waals surface area contributed by atoms with Crippen molar-refractivity contribution < 1.29 is 32.4 Å². The van der Waals surface area contributed by atoms with Crippen molar-refractivity contribution in [3.05, 3.63) is 34.4 Å². The summed E-state index contributed by atoms with van der Waals surface area (Å²) in [5.41, 5.74) is -0.0775. The number of hydrogen-bond acceptors (Lipinski definition) is 8. The lowest BCUT2D eigenvalue weighted by Gasteiger charge is -2.37. The van der Waals surface area contributed by atoms with Gasteiger partial charge < -0.3 is 10.2 Å². The number of carbonyl (C=O) groups excluding carboxylic acids is 5. The Kier molecular flexibility index (Phi) is 11.9. The molecule has 0 spiro atoms. The summed E-state index contributed by atoms with van der Waals surface area (Å²) in [5.74, 6) is -3.18. The van der Waals surface area contributed by atoms with Crippen LogP contribution in [0, 0.1) is 5.92 Å². The van der Waals surface area contributed by atoms with Crippen LogP contribution in [-0.4, -0.2) is 104 Å². The number of nitrogens with one attached hydrogen (secondary N) is 1. The number of hydrogen-bond donors (Lipinski definition) is 1. The molecule has 4 rings (SSSR count). The number of likely N-dealkylation sites (N-methyl/N-ethyl adjacent to an activating group) is 1. The Bertz CT molecular complexity index is 1670. The van der Waals surface area contributed by atoms with Crippen LogP contribution in [0.15, 0.2) is 21.9 Å². The van der Waals surface area contributed by atoms with Crippen LogP contribution in [0.2, 0.25) is 0 Å². The van der Waals surface area contributed by atoms with Crippen molar-refractivity contribution >= 4 is 61.9 Å². The van der Waals surface area contributed by atoms with E-state index in [0.29, 0.717) is 13.1 Å². The first kappa shape index (κ1) is 36.5. The molecule has 0 aromatic heterocycles. The van der Waals surface area contributed by atoms with E-state index in [2.05, 4.69) is 12.2 Å². The third-order valence-electron chi connectivity index (χ3n) is 8.57. The summed E-state index contributed by atoms with van der Waals surface area (Å²) < 4.78 is 27.1. The molecule has 3 unspecified atom stereocenters. The molecule has 0 radical (unpaired) electrons. The number of amides is 5. The Hall–Kier alpha value is -3.29. The molecule has 0 bridgehead atoms. The molecule has 13 heteroatoms. The molecule has 2 aliphatic rings. The summed E-state index contributed by atoms with van der Waals surface area (Å²) >= 11 is 0. The predicted octanol–water partition coefficient (Wildman–Crippen LogP) is 3.96. The highest BCUT2D eigenvalue weighted by atomic mass is 32.2. The monoisotopic (exact) mass is 686 g/mol. The second-order valence-electron chi connectivity index (χ2n) is 12.7. The summed E-state index contributed by atoms with van der Waals surface area (Å²) in [4.78, 5) is 74.7. The molecular formula is C34H46N4O7S2. The second kappa shape index (κ2) is 15.3. The maximum Gasteiger partial charge on any atom is 0.263 e. The Labute approximate surface area is 281 Å². The number of rotatable bonds is 16. The average molecular weight is 687 g/mol. The van der Waals surface area contributed by atoms with E-state index >= 15 is 0 Å². The minimum Gasteiger partial charge on any atom is -0.354 e. The lowest BCUT2D eigenvalue weighted by molar-refractivity contribution is -0.125. The van der Waals surface area contributed by atoms with Gasteiger partial charge in [0, 0.05) is 53.0 Å². The first-order valence-corrected chi connectivity index (χ1v) is 19.0. The highest BCUT2D eigenvalue weighted by Gasteiger charge is 2.46. The minimum absolute atomic E-state index is 0.00460. The van der Waals surface area contributed by atoms with Crippen LogP contribution in [0.4, 0.5) is 0 Å². The zero-order valence-corrected chi connectivity index (χ0v) is 30.0. The first-order chi connectivity index (χ1) is 22.3. The van der Waals surface area contributed by atoms with Gasteiger partial charge in [-0.25, -0.2) is 0 Å². The number of nitrogens with zero attached hydrogens (tertiary/aromatic N) is 3. The standard InChI is InChI=1S/C34H46N4O7S2/c1-8-11-12-13-14-35-30(39)23(17-20(4)5)38-32(41)22-19-24(46(44)9-2)28-26-21(31(40)37(33(28)42)16-15-36(6)7)18-25(47(45)10-3)29(27(22)26)34(38)43/h18-20,23H,8-17H2,1-7H3,(H,35,39). The van der Waals surface area contributed by atoms with Crippen LogP contribution in [0.3, 0.4) is 0 Å². The Morgan fingerprint density at radius 1 is 0.809 bits per heavy atom. The van der Waals surface area contributed by atoms with E-state index in [4.69, 9.17) is 0 Å². The normalized spacial score (nSPS) is 16.4. The van der Waals surface area contributed by atoms with Crippen molar-refractivity contribution in [1.29, 1.82) is 0 Å². The summed E-state index contributed by atoms with van der Waals surface area (Å²) in [6.07, 6.45) is 3.93. The topological polar surface area (TPSA) is 141 Å². The Morgan fingerprint density at radius 3 is 1.87 bits per heavy atom. The van der Waals surface area contributed by atoms with Crippen LogP contribution < -0.4 is 5.32 Å². The zero-order chi connectivity index (χ0) is 34.7. The molecule has 2 aromatic carbocycles. The highest BCUT2D eigenvalue weighted by molar-refractivity contribution is 7.85. The summed E-state index contributed by atoms with van der Waals surface area (Å²) in [5, 5.41) is 3.03. The van der Waals surface area contributed by atoms with Crippen LogP contribution in [0.5, 0.6) is 0 Å². The maximum atomic E-state index is 14.6. The quantitative estimate of drug-likeness (QED) is 0.207. The van der Waals surface area contributed by atoms with Crippen molar-refractivity contribution in [3.63, 3.8) is 0 Å². The maximum absolute atomic E-state index is 14.6. The predicted molar refractivity (Wildman–Crippen MR) is 183 cm³/mol. The molecule has 5 amide bonds. The van der Waals surface area contributed by atoms with Gasteiger partial charge in [0.05, 0.1) is 42.5 Å². The van der Waals surface area contributed by atoms with Gasteiger partial charge in [0.15, 0.2) is 0 Å². The number of benzene rings is 2. The van der Waals surface area contributed by atoms with Crippen molar-refractivity contribution in [2.75, 3.05) is 45.2 Å². The van der Waals surface area contributed by atoms with Crippen molar-refractivity contribution in [3.8, 4) is 0 Å². The van der Waals surface area contributed by atoms with Gasteiger partial charge in [-0.05, 0) is 45.0 Å². The molecule has 2 aromatic rings. The van der Waals surface area contributed by atoms with Gasteiger partial charge in [-0.15, -0.1) is 0 Å². The van der Waals surface area contributed by atoms with Crippen LogP contribution in [0.1, 0.15) is 108 Å². The largest absolute Gasteiger partial charge is 0.354 e. The molecule has 11 nitrogen and oxygen atoms in total. The van der Waals surface area contributed by atoms with E-state index in [-0.39, 0.29) is 73.2 Å². The summed E-state index contributed by atoms with van der Waals surface area (Å²) in [7, 11) is 0.114. The smallest absolute Gasteiger partial charge is 0.263 e. The van der Waals surface area contributed by atoms with Crippen molar-refractivity contribution in [1.82, 2.24) is 20.0 Å². The fourth-order valence-electron chi connectivity index (χ4n) is 6.18. The number of imide groups is 2. The molecule has 0 fully saturated rings.